The van der Waals surface area contributed by atoms with Gasteiger partial charge in [0.1, 0.15) is 6.10 Å². The molecule has 2 aromatic rings. The molecule has 1 atom stereocenters. The molecular weight excluding hydrogens is 224 g/mol. The second kappa shape index (κ2) is 4.28. The van der Waals surface area contributed by atoms with Crippen LogP contribution < -0.4 is 0 Å². The van der Waals surface area contributed by atoms with Crippen LogP contribution in [0.3, 0.4) is 0 Å². The molecule has 1 N–H and O–H groups in total. The number of halogens is 1. The number of nitrogens with zero attached hydrogens (tertiary/aromatic N) is 2. The Morgan fingerprint density at radius 2 is 2.06 bits per heavy atom. The predicted octanol–water partition coefficient (Wildman–Crippen LogP) is 2.46. The fourth-order valence-corrected chi connectivity index (χ4v) is 1.98. The van der Waals surface area contributed by atoms with Gasteiger partial charge in [0.15, 0.2) is 0 Å². The van der Waals surface area contributed by atoms with E-state index in [0.29, 0.717) is 10.6 Å². The second-order valence-corrected chi connectivity index (χ2v) is 4.17. The van der Waals surface area contributed by atoms with Crippen LogP contribution in [0.2, 0.25) is 5.02 Å². The summed E-state index contributed by atoms with van der Waals surface area (Å²) in [4.78, 5) is 0. The maximum absolute atomic E-state index is 10.2. The van der Waals surface area contributed by atoms with Crippen molar-refractivity contribution in [2.24, 2.45) is 7.05 Å². The maximum atomic E-state index is 10.2. The highest BCUT2D eigenvalue weighted by Gasteiger charge is 2.17. The van der Waals surface area contributed by atoms with Gasteiger partial charge in [-0.3, -0.25) is 4.68 Å². The monoisotopic (exact) mass is 236 g/mol. The molecule has 0 saturated carbocycles. The van der Waals surface area contributed by atoms with Crippen molar-refractivity contribution in [2.75, 3.05) is 0 Å². The smallest absolute Gasteiger partial charge is 0.122 e. The number of aliphatic hydroxyl groups excluding tert-OH is 1. The third-order valence-corrected chi connectivity index (χ3v) is 2.86. The Labute approximate surface area is 99.3 Å². The number of aryl methyl sites for hydroxylation is 2. The molecule has 0 amide bonds. The molecule has 0 saturated heterocycles. The first kappa shape index (κ1) is 11.2. The summed E-state index contributed by atoms with van der Waals surface area (Å²) in [6.07, 6.45) is -0.736. The summed E-state index contributed by atoms with van der Waals surface area (Å²) in [6, 6.07) is 9.13. The number of aromatic nitrogens is 2. The maximum Gasteiger partial charge on any atom is 0.122 e. The van der Waals surface area contributed by atoms with Crippen molar-refractivity contribution in [3.63, 3.8) is 0 Å². The summed E-state index contributed by atoms with van der Waals surface area (Å²) in [7, 11) is 1.81. The molecule has 0 aliphatic carbocycles. The summed E-state index contributed by atoms with van der Waals surface area (Å²) in [5, 5.41) is 15.0. The van der Waals surface area contributed by atoms with E-state index in [1.807, 2.05) is 38.2 Å². The van der Waals surface area contributed by atoms with Crippen LogP contribution in [-0.4, -0.2) is 14.9 Å². The topological polar surface area (TPSA) is 38.0 Å². The van der Waals surface area contributed by atoms with Gasteiger partial charge in [-0.15, -0.1) is 0 Å². The van der Waals surface area contributed by atoms with E-state index in [4.69, 9.17) is 11.6 Å². The van der Waals surface area contributed by atoms with Crippen LogP contribution in [-0.2, 0) is 7.05 Å². The molecule has 0 bridgehead atoms. The minimum atomic E-state index is -0.736. The summed E-state index contributed by atoms with van der Waals surface area (Å²) in [6.45, 7) is 1.89. The van der Waals surface area contributed by atoms with Crippen molar-refractivity contribution < 1.29 is 5.11 Å². The number of aliphatic hydroxyl groups is 1. The van der Waals surface area contributed by atoms with Gasteiger partial charge < -0.3 is 5.11 Å². The molecule has 0 spiro atoms. The van der Waals surface area contributed by atoms with Gasteiger partial charge >= 0.3 is 0 Å². The predicted molar refractivity (Wildman–Crippen MR) is 63.5 cm³/mol. The van der Waals surface area contributed by atoms with E-state index >= 15 is 0 Å². The number of rotatable bonds is 2. The van der Waals surface area contributed by atoms with E-state index < -0.39 is 6.10 Å². The Morgan fingerprint density at radius 1 is 1.38 bits per heavy atom. The summed E-state index contributed by atoms with van der Waals surface area (Å²) >= 11 is 6.04. The van der Waals surface area contributed by atoms with E-state index in [-0.39, 0.29) is 0 Å². The van der Waals surface area contributed by atoms with Gasteiger partial charge in [0.2, 0.25) is 0 Å². The van der Waals surface area contributed by atoms with Gasteiger partial charge in [0.05, 0.1) is 11.4 Å². The first-order valence-corrected chi connectivity index (χ1v) is 5.40. The van der Waals surface area contributed by atoms with Gasteiger partial charge in [0.25, 0.3) is 0 Å². The van der Waals surface area contributed by atoms with Crippen LogP contribution in [0.4, 0.5) is 0 Å². The van der Waals surface area contributed by atoms with Crippen molar-refractivity contribution in [1.82, 2.24) is 9.78 Å². The molecule has 1 heterocycles. The summed E-state index contributed by atoms with van der Waals surface area (Å²) in [5.41, 5.74) is 2.32. The Hall–Kier alpha value is -1.32. The molecule has 0 fully saturated rings. The lowest BCUT2D eigenvalue weighted by Gasteiger charge is -2.12. The highest BCUT2D eigenvalue weighted by atomic mass is 35.5. The minimum absolute atomic E-state index is 0.564. The van der Waals surface area contributed by atoms with E-state index in [0.717, 1.165) is 11.4 Å². The Balaban J connectivity index is 2.43. The average Bonchev–Trinajstić information content (AvgIpc) is 2.58. The Morgan fingerprint density at radius 3 is 2.62 bits per heavy atom. The SMILES string of the molecule is Cc1cc(C(O)c2ccccc2Cl)n(C)n1. The number of hydrogen-bond acceptors (Lipinski definition) is 2. The zero-order valence-electron chi connectivity index (χ0n) is 9.18. The van der Waals surface area contributed by atoms with Gasteiger partial charge in [-0.05, 0) is 19.1 Å². The first-order valence-electron chi connectivity index (χ1n) is 5.02. The van der Waals surface area contributed by atoms with Crippen LogP contribution >= 0.6 is 11.6 Å². The van der Waals surface area contributed by atoms with E-state index in [2.05, 4.69) is 5.10 Å². The van der Waals surface area contributed by atoms with Crippen molar-refractivity contribution in [2.45, 2.75) is 13.0 Å². The Bertz CT molecular complexity index is 507. The lowest BCUT2D eigenvalue weighted by Crippen LogP contribution is -2.06. The van der Waals surface area contributed by atoms with Crippen LogP contribution in [0.1, 0.15) is 23.1 Å². The molecule has 1 aromatic carbocycles. The van der Waals surface area contributed by atoms with E-state index in [1.54, 1.807) is 10.7 Å². The van der Waals surface area contributed by atoms with Crippen molar-refractivity contribution >= 4 is 11.6 Å². The number of benzene rings is 1. The molecule has 84 valence electrons. The van der Waals surface area contributed by atoms with Crippen molar-refractivity contribution in [3.05, 3.63) is 52.3 Å². The van der Waals surface area contributed by atoms with E-state index in [1.165, 1.54) is 0 Å². The van der Waals surface area contributed by atoms with Gasteiger partial charge in [0, 0.05) is 17.6 Å². The van der Waals surface area contributed by atoms with Crippen LogP contribution in [0, 0.1) is 6.92 Å². The fourth-order valence-electron chi connectivity index (χ4n) is 1.74. The molecule has 0 aliphatic heterocycles. The third-order valence-electron chi connectivity index (χ3n) is 2.52. The molecule has 16 heavy (non-hydrogen) atoms. The van der Waals surface area contributed by atoms with Crippen LogP contribution in [0.25, 0.3) is 0 Å². The normalized spacial score (nSPS) is 12.8. The third kappa shape index (κ3) is 1.96. The van der Waals surface area contributed by atoms with Crippen molar-refractivity contribution in [3.8, 4) is 0 Å². The molecule has 0 radical (unpaired) electrons. The number of hydrogen-bond donors (Lipinski definition) is 1. The quantitative estimate of drug-likeness (QED) is 0.870. The first-order chi connectivity index (χ1) is 7.59. The molecule has 2 rings (SSSR count). The highest BCUT2D eigenvalue weighted by Crippen LogP contribution is 2.27. The zero-order valence-corrected chi connectivity index (χ0v) is 9.94. The average molecular weight is 237 g/mol. The molecular formula is C12H13ClN2O. The van der Waals surface area contributed by atoms with Crippen LogP contribution in [0.15, 0.2) is 30.3 Å². The second-order valence-electron chi connectivity index (χ2n) is 3.76. The molecule has 0 aliphatic rings. The van der Waals surface area contributed by atoms with Gasteiger partial charge in [-0.2, -0.15) is 5.10 Å². The minimum Gasteiger partial charge on any atom is -0.382 e. The van der Waals surface area contributed by atoms with Crippen LogP contribution in [0.5, 0.6) is 0 Å². The summed E-state index contributed by atoms with van der Waals surface area (Å²) < 4.78 is 1.67. The fraction of sp³-hybridized carbons (Fsp3) is 0.250. The summed E-state index contributed by atoms with van der Waals surface area (Å²) in [5.74, 6) is 0. The lowest BCUT2D eigenvalue weighted by molar-refractivity contribution is 0.210. The zero-order chi connectivity index (χ0) is 11.7. The largest absolute Gasteiger partial charge is 0.382 e. The van der Waals surface area contributed by atoms with Crippen molar-refractivity contribution in [1.29, 1.82) is 0 Å². The molecule has 1 unspecified atom stereocenters. The molecule has 1 aromatic heterocycles. The van der Waals surface area contributed by atoms with Gasteiger partial charge in [-0.1, -0.05) is 29.8 Å². The Kier molecular flexibility index (Phi) is 2.99. The molecule has 4 heteroatoms. The lowest BCUT2D eigenvalue weighted by atomic mass is 10.1. The van der Waals surface area contributed by atoms with E-state index in [9.17, 15) is 5.11 Å². The molecule has 3 nitrogen and oxygen atoms in total. The van der Waals surface area contributed by atoms with Gasteiger partial charge in [-0.25, -0.2) is 0 Å². The standard InChI is InChI=1S/C12H13ClN2O/c1-8-7-11(15(2)14-8)12(16)9-5-3-4-6-10(9)13/h3-7,12,16H,1-2H3. The highest BCUT2D eigenvalue weighted by molar-refractivity contribution is 6.31.